The first-order valence-corrected chi connectivity index (χ1v) is 5.69. The molecule has 19 heavy (non-hydrogen) atoms. The number of rotatable bonds is 2. The van der Waals surface area contributed by atoms with Crippen LogP contribution in [0.15, 0.2) is 46.9 Å². The van der Waals surface area contributed by atoms with Gasteiger partial charge in [-0.05, 0) is 16.8 Å². The topological polar surface area (TPSA) is 87.9 Å². The lowest BCUT2D eigenvalue weighted by atomic mass is 10.0. The van der Waals surface area contributed by atoms with E-state index in [1.807, 2.05) is 48.5 Å². The van der Waals surface area contributed by atoms with Gasteiger partial charge in [0.05, 0.1) is 0 Å². The summed E-state index contributed by atoms with van der Waals surface area (Å²) in [6.45, 7) is 0. The van der Waals surface area contributed by atoms with E-state index in [-0.39, 0.29) is 11.6 Å². The van der Waals surface area contributed by atoms with Crippen LogP contribution in [0.4, 0.5) is 5.88 Å². The SMILES string of the molecule is N#Cc1nc(-c2cccc3ccccc23)oc1NN. The number of hydrogen-bond donors (Lipinski definition) is 2. The fourth-order valence-corrected chi connectivity index (χ4v) is 2.02. The van der Waals surface area contributed by atoms with Crippen molar-refractivity contribution in [2.45, 2.75) is 0 Å². The second-order valence-corrected chi connectivity index (χ2v) is 3.98. The number of nitriles is 1. The molecule has 0 radical (unpaired) electrons. The van der Waals surface area contributed by atoms with Crippen LogP contribution in [0.2, 0.25) is 0 Å². The van der Waals surface area contributed by atoms with Gasteiger partial charge in [-0.15, -0.1) is 0 Å². The Morgan fingerprint density at radius 1 is 1.16 bits per heavy atom. The maximum absolute atomic E-state index is 8.95. The number of nitrogens with two attached hydrogens (primary N) is 1. The molecule has 2 aromatic carbocycles. The average Bonchev–Trinajstić information content (AvgIpc) is 2.89. The molecule has 3 rings (SSSR count). The first-order chi connectivity index (χ1) is 9.33. The Balaban J connectivity index is 2.25. The number of hydrazine groups is 1. The quantitative estimate of drug-likeness (QED) is 0.539. The number of nitrogens with zero attached hydrogens (tertiary/aromatic N) is 2. The van der Waals surface area contributed by atoms with Crippen molar-refractivity contribution >= 4 is 16.7 Å². The van der Waals surface area contributed by atoms with E-state index in [4.69, 9.17) is 15.5 Å². The molecule has 3 N–H and O–H groups in total. The second kappa shape index (κ2) is 4.44. The van der Waals surface area contributed by atoms with Gasteiger partial charge in [-0.3, -0.25) is 5.43 Å². The van der Waals surface area contributed by atoms with E-state index in [0.717, 1.165) is 16.3 Å². The average molecular weight is 250 g/mol. The molecular formula is C14H10N4O. The van der Waals surface area contributed by atoms with Gasteiger partial charge in [0, 0.05) is 5.56 Å². The summed E-state index contributed by atoms with van der Waals surface area (Å²) < 4.78 is 5.48. The molecular weight excluding hydrogens is 240 g/mol. The van der Waals surface area contributed by atoms with Gasteiger partial charge in [0.1, 0.15) is 6.07 Å². The van der Waals surface area contributed by atoms with E-state index < -0.39 is 0 Å². The molecule has 5 nitrogen and oxygen atoms in total. The largest absolute Gasteiger partial charge is 0.418 e. The zero-order valence-corrected chi connectivity index (χ0v) is 9.92. The minimum absolute atomic E-state index is 0.144. The molecule has 0 bridgehead atoms. The summed E-state index contributed by atoms with van der Waals surface area (Å²) in [5.74, 6) is 5.84. The van der Waals surface area contributed by atoms with Gasteiger partial charge in [-0.25, -0.2) is 5.84 Å². The van der Waals surface area contributed by atoms with E-state index >= 15 is 0 Å². The van der Waals surface area contributed by atoms with Crippen molar-refractivity contribution in [2.24, 2.45) is 5.84 Å². The van der Waals surface area contributed by atoms with E-state index in [0.29, 0.717) is 5.89 Å². The zero-order chi connectivity index (χ0) is 13.2. The third kappa shape index (κ3) is 1.80. The number of fused-ring (bicyclic) bond motifs is 1. The molecule has 1 aromatic heterocycles. The molecule has 0 amide bonds. The number of oxazole rings is 1. The molecule has 5 heteroatoms. The van der Waals surface area contributed by atoms with Gasteiger partial charge in [0.25, 0.3) is 0 Å². The van der Waals surface area contributed by atoms with Gasteiger partial charge >= 0.3 is 0 Å². The lowest BCUT2D eigenvalue weighted by molar-refractivity contribution is 0.587. The van der Waals surface area contributed by atoms with Crippen molar-refractivity contribution in [1.82, 2.24) is 4.98 Å². The summed E-state index contributed by atoms with van der Waals surface area (Å²) >= 11 is 0. The zero-order valence-electron chi connectivity index (χ0n) is 9.92. The van der Waals surface area contributed by atoms with Crippen molar-refractivity contribution < 1.29 is 4.42 Å². The molecule has 0 atom stereocenters. The van der Waals surface area contributed by atoms with Crippen LogP contribution in [0, 0.1) is 11.3 Å². The highest BCUT2D eigenvalue weighted by molar-refractivity contribution is 5.94. The van der Waals surface area contributed by atoms with Crippen LogP contribution in [0.5, 0.6) is 0 Å². The highest BCUT2D eigenvalue weighted by atomic mass is 16.4. The Bertz CT molecular complexity index is 780. The van der Waals surface area contributed by atoms with Crippen LogP contribution in [0.3, 0.4) is 0 Å². The van der Waals surface area contributed by atoms with E-state index in [9.17, 15) is 0 Å². The summed E-state index contributed by atoms with van der Waals surface area (Å²) in [4.78, 5) is 4.15. The van der Waals surface area contributed by atoms with Crippen molar-refractivity contribution in [3.05, 3.63) is 48.2 Å². The van der Waals surface area contributed by atoms with Gasteiger partial charge in [0.15, 0.2) is 0 Å². The third-order valence-electron chi connectivity index (χ3n) is 2.88. The van der Waals surface area contributed by atoms with E-state index in [1.54, 1.807) is 0 Å². The molecule has 0 spiro atoms. The summed E-state index contributed by atoms with van der Waals surface area (Å²) in [5.41, 5.74) is 3.31. The molecule has 1 heterocycles. The molecule has 0 aliphatic rings. The fourth-order valence-electron chi connectivity index (χ4n) is 2.02. The van der Waals surface area contributed by atoms with Crippen LogP contribution >= 0.6 is 0 Å². The van der Waals surface area contributed by atoms with Crippen LogP contribution in [0.25, 0.3) is 22.2 Å². The van der Waals surface area contributed by atoms with E-state index in [1.165, 1.54) is 0 Å². The third-order valence-corrected chi connectivity index (χ3v) is 2.88. The lowest BCUT2D eigenvalue weighted by Gasteiger charge is -2.02. The first-order valence-electron chi connectivity index (χ1n) is 5.69. The summed E-state index contributed by atoms with van der Waals surface area (Å²) in [7, 11) is 0. The molecule has 0 aliphatic carbocycles. The molecule has 92 valence electrons. The Hall–Kier alpha value is -2.84. The Morgan fingerprint density at radius 2 is 1.95 bits per heavy atom. The molecule has 0 saturated carbocycles. The highest BCUT2D eigenvalue weighted by Crippen LogP contribution is 2.30. The van der Waals surface area contributed by atoms with Crippen molar-refractivity contribution in [2.75, 3.05) is 5.43 Å². The van der Waals surface area contributed by atoms with Gasteiger partial charge in [-0.2, -0.15) is 10.2 Å². The summed E-state index contributed by atoms with van der Waals surface area (Å²) in [5, 5.41) is 11.1. The van der Waals surface area contributed by atoms with Crippen LogP contribution in [0.1, 0.15) is 5.69 Å². The Kier molecular flexibility index (Phi) is 2.63. The summed E-state index contributed by atoms with van der Waals surface area (Å²) in [6.07, 6.45) is 0. The van der Waals surface area contributed by atoms with E-state index in [2.05, 4.69) is 10.4 Å². The molecule has 0 unspecified atom stereocenters. The second-order valence-electron chi connectivity index (χ2n) is 3.98. The van der Waals surface area contributed by atoms with Crippen molar-refractivity contribution in [3.63, 3.8) is 0 Å². The number of hydrogen-bond acceptors (Lipinski definition) is 5. The fraction of sp³-hybridized carbons (Fsp3) is 0. The predicted molar refractivity (Wildman–Crippen MR) is 72.0 cm³/mol. The smallest absolute Gasteiger partial charge is 0.246 e. The number of aromatic nitrogens is 1. The van der Waals surface area contributed by atoms with Crippen molar-refractivity contribution in [3.8, 4) is 17.5 Å². The minimum atomic E-state index is 0.144. The maximum atomic E-state index is 8.95. The summed E-state index contributed by atoms with van der Waals surface area (Å²) in [6, 6.07) is 15.7. The number of anilines is 1. The predicted octanol–water partition coefficient (Wildman–Crippen LogP) is 2.65. The standard InChI is InChI=1S/C14H10N4O/c15-8-12-14(18-16)19-13(17-12)11-7-3-5-9-4-1-2-6-10(9)11/h1-7,18H,16H2. The monoisotopic (exact) mass is 250 g/mol. The molecule has 0 fully saturated rings. The van der Waals surface area contributed by atoms with Crippen molar-refractivity contribution in [1.29, 1.82) is 5.26 Å². The number of nitrogen functional groups attached to an aromatic ring is 1. The van der Waals surface area contributed by atoms with Gasteiger partial charge in [0.2, 0.25) is 17.5 Å². The minimum Gasteiger partial charge on any atom is -0.418 e. The van der Waals surface area contributed by atoms with Crippen LogP contribution in [-0.4, -0.2) is 4.98 Å². The van der Waals surface area contributed by atoms with Crippen LogP contribution < -0.4 is 11.3 Å². The Morgan fingerprint density at radius 3 is 2.68 bits per heavy atom. The normalized spacial score (nSPS) is 10.3. The molecule has 0 aliphatic heterocycles. The molecule has 0 saturated heterocycles. The molecule has 3 aromatic rings. The maximum Gasteiger partial charge on any atom is 0.246 e. The van der Waals surface area contributed by atoms with Crippen LogP contribution in [-0.2, 0) is 0 Å². The Labute approximate surface area is 109 Å². The highest BCUT2D eigenvalue weighted by Gasteiger charge is 2.15. The lowest BCUT2D eigenvalue weighted by Crippen LogP contribution is -2.06. The number of benzene rings is 2. The first kappa shape index (κ1) is 11.3. The van der Waals surface area contributed by atoms with Gasteiger partial charge < -0.3 is 4.42 Å². The number of nitrogens with one attached hydrogen (secondary N) is 1. The van der Waals surface area contributed by atoms with Gasteiger partial charge in [-0.1, -0.05) is 36.4 Å².